The van der Waals surface area contributed by atoms with Gasteiger partial charge in [0.15, 0.2) is 0 Å². The molecule has 2 heteroatoms. The van der Waals surface area contributed by atoms with Crippen LogP contribution in [0, 0.1) is 52.3 Å². The van der Waals surface area contributed by atoms with Gasteiger partial charge in [-0.05, 0) is 122 Å². The molecule has 0 bridgehead atoms. The Kier molecular flexibility index (Phi) is 7.64. The van der Waals surface area contributed by atoms with Crippen LogP contribution in [0.25, 0.3) is 0 Å². The van der Waals surface area contributed by atoms with Gasteiger partial charge < -0.3 is 4.74 Å². The smallest absolute Gasteiger partial charge is 0.338 e. The Morgan fingerprint density at radius 1 is 0.889 bits per heavy atom. The van der Waals surface area contributed by atoms with Gasteiger partial charge in [-0.1, -0.05) is 72.1 Å². The first-order valence-corrected chi connectivity index (χ1v) is 15.5. The average Bonchev–Trinajstić information content (AvgIpc) is 3.22. The lowest BCUT2D eigenvalue weighted by molar-refractivity contribution is -0.130. The SMILES string of the molecule is CC(C)CCC[C@@H](C)[C@H]1CC[C@H]2[C@@H]3CC[C@H]4C[C@@H](OC(=O)c5ccccc5)CC[C@]4(C)[C@H]3CC[C@]12C. The van der Waals surface area contributed by atoms with Crippen molar-refractivity contribution in [2.24, 2.45) is 52.3 Å². The first-order chi connectivity index (χ1) is 17.2. The van der Waals surface area contributed by atoms with Crippen molar-refractivity contribution in [3.63, 3.8) is 0 Å². The van der Waals surface area contributed by atoms with Gasteiger partial charge in [-0.2, -0.15) is 0 Å². The summed E-state index contributed by atoms with van der Waals surface area (Å²) in [5.74, 6) is 6.01. The molecule has 0 N–H and O–H groups in total. The van der Waals surface area contributed by atoms with E-state index < -0.39 is 0 Å². The Hall–Kier alpha value is -1.31. The van der Waals surface area contributed by atoms with E-state index in [-0.39, 0.29) is 12.1 Å². The van der Waals surface area contributed by atoms with Crippen LogP contribution < -0.4 is 0 Å². The van der Waals surface area contributed by atoms with Crippen molar-refractivity contribution in [2.45, 2.75) is 118 Å². The zero-order valence-corrected chi connectivity index (χ0v) is 23.8. The van der Waals surface area contributed by atoms with Crippen molar-refractivity contribution in [3.8, 4) is 0 Å². The Bertz CT molecular complexity index is 892. The Morgan fingerprint density at radius 2 is 1.61 bits per heavy atom. The lowest BCUT2D eigenvalue weighted by Crippen LogP contribution is -2.54. The standard InChI is InChI=1S/C34H52O2/c1-23(2)10-9-11-24(3)29-16-17-30-28-15-14-26-22-27(36-32(35)25-12-7-6-8-13-25)18-20-33(26,4)31(28)19-21-34(29,30)5/h6-8,12-13,23-24,26-31H,9-11,14-22H2,1-5H3/t24-,26+,27+,28+,29-,30+,31+,33+,34-/m1/s1. The highest BCUT2D eigenvalue weighted by atomic mass is 16.5. The number of carbonyl (C=O) groups excluding carboxylic acids is 1. The van der Waals surface area contributed by atoms with Crippen molar-refractivity contribution in [2.75, 3.05) is 0 Å². The van der Waals surface area contributed by atoms with Crippen molar-refractivity contribution in [3.05, 3.63) is 35.9 Å². The van der Waals surface area contributed by atoms with Gasteiger partial charge in [-0.15, -0.1) is 0 Å². The number of fused-ring (bicyclic) bond motifs is 5. The molecule has 4 saturated carbocycles. The second kappa shape index (κ2) is 10.5. The predicted molar refractivity (Wildman–Crippen MR) is 149 cm³/mol. The maximum atomic E-state index is 12.7. The minimum Gasteiger partial charge on any atom is -0.459 e. The zero-order chi connectivity index (χ0) is 25.5. The predicted octanol–water partition coefficient (Wildman–Crippen LogP) is 9.33. The molecule has 2 nitrogen and oxygen atoms in total. The van der Waals surface area contributed by atoms with Gasteiger partial charge in [-0.25, -0.2) is 4.79 Å². The lowest BCUT2D eigenvalue weighted by Gasteiger charge is -2.61. The Morgan fingerprint density at radius 3 is 2.36 bits per heavy atom. The highest BCUT2D eigenvalue weighted by molar-refractivity contribution is 5.89. The summed E-state index contributed by atoms with van der Waals surface area (Å²) in [6.07, 6.45) is 16.3. The van der Waals surface area contributed by atoms with Gasteiger partial charge in [0.2, 0.25) is 0 Å². The third kappa shape index (κ3) is 4.80. The maximum absolute atomic E-state index is 12.7. The van der Waals surface area contributed by atoms with Crippen molar-refractivity contribution in [1.82, 2.24) is 0 Å². The van der Waals surface area contributed by atoms with Crippen molar-refractivity contribution >= 4 is 5.97 Å². The van der Waals surface area contributed by atoms with Crippen molar-refractivity contribution in [1.29, 1.82) is 0 Å². The molecule has 5 rings (SSSR count). The third-order valence-electron chi connectivity index (χ3n) is 12.1. The van der Waals surface area contributed by atoms with Crippen LogP contribution in [-0.2, 0) is 4.74 Å². The van der Waals surface area contributed by atoms with Crippen LogP contribution >= 0.6 is 0 Å². The first-order valence-electron chi connectivity index (χ1n) is 15.5. The summed E-state index contributed by atoms with van der Waals surface area (Å²) in [5.41, 5.74) is 1.71. The molecule has 4 aliphatic carbocycles. The van der Waals surface area contributed by atoms with Crippen LogP contribution in [0.15, 0.2) is 30.3 Å². The quantitative estimate of drug-likeness (QED) is 0.354. The molecule has 0 heterocycles. The summed E-state index contributed by atoms with van der Waals surface area (Å²) in [4.78, 5) is 12.7. The van der Waals surface area contributed by atoms with Crippen molar-refractivity contribution < 1.29 is 9.53 Å². The molecule has 4 aliphatic rings. The van der Waals surface area contributed by atoms with Gasteiger partial charge >= 0.3 is 5.97 Å². The second-order valence-electron chi connectivity index (χ2n) is 14.4. The van der Waals surface area contributed by atoms with Gasteiger partial charge in [-0.3, -0.25) is 0 Å². The second-order valence-corrected chi connectivity index (χ2v) is 14.4. The Labute approximate surface area is 221 Å². The molecular formula is C34H52O2. The molecular weight excluding hydrogens is 440 g/mol. The average molecular weight is 493 g/mol. The van der Waals surface area contributed by atoms with E-state index in [1.54, 1.807) is 0 Å². The molecule has 0 saturated heterocycles. The fourth-order valence-electron chi connectivity index (χ4n) is 10.1. The van der Waals surface area contributed by atoms with Crippen LogP contribution in [0.1, 0.15) is 122 Å². The van der Waals surface area contributed by atoms with E-state index in [4.69, 9.17) is 4.74 Å². The van der Waals surface area contributed by atoms with E-state index in [0.717, 1.165) is 54.3 Å². The zero-order valence-electron chi connectivity index (χ0n) is 23.8. The number of rotatable bonds is 7. The van der Waals surface area contributed by atoms with Gasteiger partial charge in [0.25, 0.3) is 0 Å². The lowest BCUT2D eigenvalue weighted by atomic mass is 9.44. The van der Waals surface area contributed by atoms with E-state index in [2.05, 4.69) is 34.6 Å². The minimum absolute atomic E-state index is 0.101. The maximum Gasteiger partial charge on any atom is 0.338 e. The van der Waals surface area contributed by atoms with E-state index in [0.29, 0.717) is 16.4 Å². The molecule has 0 unspecified atom stereocenters. The monoisotopic (exact) mass is 492 g/mol. The fourth-order valence-corrected chi connectivity index (χ4v) is 10.1. The highest BCUT2D eigenvalue weighted by Crippen LogP contribution is 2.68. The molecule has 1 aromatic rings. The van der Waals surface area contributed by atoms with Crippen LogP contribution in [0.2, 0.25) is 0 Å². The summed E-state index contributed by atoms with van der Waals surface area (Å²) in [5, 5.41) is 0. The number of benzene rings is 1. The van der Waals surface area contributed by atoms with Crippen LogP contribution in [0.5, 0.6) is 0 Å². The third-order valence-corrected chi connectivity index (χ3v) is 12.1. The largest absolute Gasteiger partial charge is 0.459 e. The normalized spacial score (nSPS) is 40.7. The summed E-state index contributed by atoms with van der Waals surface area (Å²) in [6.45, 7) is 12.7. The van der Waals surface area contributed by atoms with E-state index in [1.807, 2.05) is 30.3 Å². The fraction of sp³-hybridized carbons (Fsp3) is 0.794. The van der Waals surface area contributed by atoms with Crippen LogP contribution in [0.3, 0.4) is 0 Å². The molecule has 0 spiro atoms. The molecule has 0 amide bonds. The number of hydrogen-bond acceptors (Lipinski definition) is 2. The van der Waals surface area contributed by atoms with Crippen LogP contribution in [-0.4, -0.2) is 12.1 Å². The summed E-state index contributed by atoms with van der Waals surface area (Å²) >= 11 is 0. The van der Waals surface area contributed by atoms with E-state index in [1.165, 1.54) is 64.2 Å². The summed E-state index contributed by atoms with van der Waals surface area (Å²) in [6, 6.07) is 9.55. The van der Waals surface area contributed by atoms with Gasteiger partial charge in [0, 0.05) is 0 Å². The highest BCUT2D eigenvalue weighted by Gasteiger charge is 2.60. The topological polar surface area (TPSA) is 26.3 Å². The van der Waals surface area contributed by atoms with Gasteiger partial charge in [0.05, 0.1) is 5.56 Å². The minimum atomic E-state index is -0.133. The van der Waals surface area contributed by atoms with Gasteiger partial charge in [0.1, 0.15) is 6.10 Å². The van der Waals surface area contributed by atoms with E-state index >= 15 is 0 Å². The number of hydrogen-bond donors (Lipinski definition) is 0. The molecule has 0 aliphatic heterocycles. The molecule has 1 aromatic carbocycles. The Balaban J connectivity index is 1.22. The molecule has 0 aromatic heterocycles. The molecule has 36 heavy (non-hydrogen) atoms. The molecule has 9 atom stereocenters. The number of carbonyl (C=O) groups is 1. The van der Waals surface area contributed by atoms with Crippen LogP contribution in [0.4, 0.5) is 0 Å². The molecule has 0 radical (unpaired) electrons. The molecule has 200 valence electrons. The van der Waals surface area contributed by atoms with E-state index in [9.17, 15) is 4.79 Å². The molecule has 4 fully saturated rings. The summed E-state index contributed by atoms with van der Waals surface area (Å²) in [7, 11) is 0. The summed E-state index contributed by atoms with van der Waals surface area (Å²) < 4.78 is 6.04. The number of esters is 1. The number of ether oxygens (including phenoxy) is 1. The first kappa shape index (κ1) is 26.3.